The van der Waals surface area contributed by atoms with Crippen LogP contribution < -0.4 is 0 Å². The minimum absolute atomic E-state index is 0.243. The lowest BCUT2D eigenvalue weighted by molar-refractivity contribution is 1.04. The summed E-state index contributed by atoms with van der Waals surface area (Å²) in [7, 11) is 0. The molecule has 2 aromatic heterocycles. The number of aryl methyl sites for hydroxylation is 2. The molecule has 18 heavy (non-hydrogen) atoms. The Morgan fingerprint density at radius 3 is 2.33 bits per heavy atom. The summed E-state index contributed by atoms with van der Waals surface area (Å²) in [6, 6.07) is 5.57. The Hall–Kier alpha value is -0.480. The molecule has 0 aliphatic rings. The highest BCUT2D eigenvalue weighted by Crippen LogP contribution is 2.35. The molecule has 0 bridgehead atoms. The zero-order chi connectivity index (χ0) is 13.3. The number of hydrogen-bond donors (Lipinski definition) is 0. The minimum atomic E-state index is 0.243. The van der Waals surface area contributed by atoms with Crippen LogP contribution in [0.4, 0.5) is 0 Å². The van der Waals surface area contributed by atoms with Crippen molar-refractivity contribution in [3.05, 3.63) is 44.7 Å². The van der Waals surface area contributed by atoms with Gasteiger partial charge in [0.25, 0.3) is 0 Å². The molecule has 0 fully saturated rings. The molecule has 2 aromatic rings. The van der Waals surface area contributed by atoms with Gasteiger partial charge in [-0.25, -0.2) is 9.97 Å². The SMILES string of the molecule is Cc1cc(C)nc(Sc2nc(Cl)c(Cl)cc2Cl)c1. The van der Waals surface area contributed by atoms with E-state index in [1.54, 1.807) is 6.07 Å². The van der Waals surface area contributed by atoms with Gasteiger partial charge < -0.3 is 0 Å². The molecule has 0 aromatic carbocycles. The highest BCUT2D eigenvalue weighted by atomic mass is 35.5. The summed E-state index contributed by atoms with van der Waals surface area (Å²) in [5.74, 6) is 0. The average molecular weight is 320 g/mol. The van der Waals surface area contributed by atoms with E-state index in [0.717, 1.165) is 16.3 Å². The molecule has 0 spiro atoms. The van der Waals surface area contributed by atoms with Crippen molar-refractivity contribution in [1.82, 2.24) is 9.97 Å². The Morgan fingerprint density at radius 2 is 1.67 bits per heavy atom. The van der Waals surface area contributed by atoms with Crippen molar-refractivity contribution >= 4 is 46.6 Å². The molecule has 2 nitrogen and oxygen atoms in total. The van der Waals surface area contributed by atoms with E-state index in [9.17, 15) is 0 Å². The first-order chi connectivity index (χ1) is 8.45. The van der Waals surface area contributed by atoms with Crippen LogP contribution >= 0.6 is 46.6 Å². The van der Waals surface area contributed by atoms with E-state index in [0.29, 0.717) is 15.1 Å². The first-order valence-corrected chi connectivity index (χ1v) is 7.05. The van der Waals surface area contributed by atoms with Crippen LogP contribution in [0, 0.1) is 13.8 Å². The maximum atomic E-state index is 6.08. The normalized spacial score (nSPS) is 10.7. The van der Waals surface area contributed by atoms with Crippen molar-refractivity contribution in [2.45, 2.75) is 23.9 Å². The van der Waals surface area contributed by atoms with E-state index >= 15 is 0 Å². The zero-order valence-electron chi connectivity index (χ0n) is 9.67. The second-order valence-electron chi connectivity index (χ2n) is 3.77. The Balaban J connectivity index is 2.36. The van der Waals surface area contributed by atoms with Crippen molar-refractivity contribution in [2.75, 3.05) is 0 Å². The predicted octanol–water partition coefficient (Wildman–Crippen LogP) is 5.20. The van der Waals surface area contributed by atoms with Gasteiger partial charge in [-0.2, -0.15) is 0 Å². The molecule has 0 atom stereocenters. The van der Waals surface area contributed by atoms with Gasteiger partial charge in [0.15, 0.2) is 0 Å². The number of hydrogen-bond acceptors (Lipinski definition) is 3. The van der Waals surface area contributed by atoms with E-state index < -0.39 is 0 Å². The second kappa shape index (κ2) is 5.66. The third kappa shape index (κ3) is 3.29. The number of aromatic nitrogens is 2. The Labute approximate surface area is 125 Å². The predicted molar refractivity (Wildman–Crippen MR) is 77.1 cm³/mol. The van der Waals surface area contributed by atoms with E-state index in [2.05, 4.69) is 9.97 Å². The third-order valence-electron chi connectivity index (χ3n) is 2.13. The molecule has 2 rings (SSSR count). The van der Waals surface area contributed by atoms with Gasteiger partial charge in [0.2, 0.25) is 0 Å². The van der Waals surface area contributed by atoms with Gasteiger partial charge in [-0.1, -0.05) is 34.8 Å². The van der Waals surface area contributed by atoms with Crippen molar-refractivity contribution < 1.29 is 0 Å². The molecule has 0 unspecified atom stereocenters. The minimum Gasteiger partial charge on any atom is -0.246 e. The molecule has 94 valence electrons. The van der Waals surface area contributed by atoms with Crippen LogP contribution in [0.1, 0.15) is 11.3 Å². The van der Waals surface area contributed by atoms with Crippen molar-refractivity contribution in [1.29, 1.82) is 0 Å². The Bertz CT molecular complexity index is 582. The highest BCUT2D eigenvalue weighted by Gasteiger charge is 2.10. The Kier molecular flexibility index (Phi) is 4.38. The fraction of sp³-hybridized carbons (Fsp3) is 0.167. The summed E-state index contributed by atoms with van der Waals surface area (Å²) >= 11 is 19.2. The molecule has 0 amide bonds. The fourth-order valence-corrected chi connectivity index (χ4v) is 3.05. The van der Waals surface area contributed by atoms with Gasteiger partial charge in [0, 0.05) is 5.69 Å². The standard InChI is InChI=1S/C12H9Cl3N2S/c1-6-3-7(2)16-10(4-6)18-12-9(14)5-8(13)11(15)17-12/h3-5H,1-2H3. The summed E-state index contributed by atoms with van der Waals surface area (Å²) in [5.41, 5.74) is 2.09. The van der Waals surface area contributed by atoms with E-state index in [1.165, 1.54) is 11.8 Å². The smallest absolute Gasteiger partial charge is 0.149 e. The van der Waals surface area contributed by atoms with Crippen molar-refractivity contribution in [3.8, 4) is 0 Å². The highest BCUT2D eigenvalue weighted by molar-refractivity contribution is 7.99. The van der Waals surface area contributed by atoms with E-state index in [1.807, 2.05) is 26.0 Å². The maximum absolute atomic E-state index is 6.08. The monoisotopic (exact) mass is 318 g/mol. The number of halogens is 3. The van der Waals surface area contributed by atoms with Gasteiger partial charge in [-0.3, -0.25) is 0 Å². The summed E-state index contributed by atoms with van der Waals surface area (Å²) in [6.07, 6.45) is 0. The lowest BCUT2D eigenvalue weighted by Gasteiger charge is -2.06. The summed E-state index contributed by atoms with van der Waals surface area (Å²) < 4.78 is 0. The first kappa shape index (κ1) is 13.9. The van der Waals surface area contributed by atoms with Gasteiger partial charge in [0.1, 0.15) is 15.2 Å². The van der Waals surface area contributed by atoms with Gasteiger partial charge in [-0.15, -0.1) is 0 Å². The molecular weight excluding hydrogens is 311 g/mol. The molecule has 6 heteroatoms. The molecule has 0 saturated heterocycles. The number of nitrogens with zero attached hydrogens (tertiary/aromatic N) is 2. The van der Waals surface area contributed by atoms with Gasteiger partial charge in [0.05, 0.1) is 10.0 Å². The average Bonchev–Trinajstić information content (AvgIpc) is 2.24. The topological polar surface area (TPSA) is 25.8 Å². The molecule has 2 heterocycles. The van der Waals surface area contributed by atoms with Crippen LogP contribution in [0.25, 0.3) is 0 Å². The lowest BCUT2D eigenvalue weighted by Crippen LogP contribution is -1.89. The summed E-state index contributed by atoms with van der Waals surface area (Å²) in [4.78, 5) is 8.56. The van der Waals surface area contributed by atoms with Crippen LogP contribution in [-0.4, -0.2) is 9.97 Å². The fourth-order valence-electron chi connectivity index (χ4n) is 1.46. The maximum Gasteiger partial charge on any atom is 0.149 e. The number of rotatable bonds is 2. The van der Waals surface area contributed by atoms with Crippen molar-refractivity contribution in [3.63, 3.8) is 0 Å². The molecular formula is C12H9Cl3N2S. The quantitative estimate of drug-likeness (QED) is 0.711. The largest absolute Gasteiger partial charge is 0.246 e. The van der Waals surface area contributed by atoms with E-state index in [-0.39, 0.29) is 5.15 Å². The first-order valence-electron chi connectivity index (χ1n) is 5.10. The van der Waals surface area contributed by atoms with E-state index in [4.69, 9.17) is 34.8 Å². The summed E-state index contributed by atoms with van der Waals surface area (Å²) in [6.45, 7) is 3.96. The molecule has 0 N–H and O–H groups in total. The molecule has 0 aliphatic heterocycles. The molecule has 0 radical (unpaired) electrons. The van der Waals surface area contributed by atoms with Crippen LogP contribution in [0.3, 0.4) is 0 Å². The zero-order valence-corrected chi connectivity index (χ0v) is 12.8. The second-order valence-corrected chi connectivity index (χ2v) is 5.96. The lowest BCUT2D eigenvalue weighted by atomic mass is 10.3. The molecule has 0 aliphatic carbocycles. The summed E-state index contributed by atoms with van der Waals surface area (Å²) in [5, 5.41) is 2.49. The Morgan fingerprint density at radius 1 is 0.944 bits per heavy atom. The van der Waals surface area contributed by atoms with Crippen LogP contribution in [0.5, 0.6) is 0 Å². The van der Waals surface area contributed by atoms with Gasteiger partial charge >= 0.3 is 0 Å². The van der Waals surface area contributed by atoms with Crippen molar-refractivity contribution in [2.24, 2.45) is 0 Å². The third-order valence-corrected chi connectivity index (χ3v) is 4.13. The van der Waals surface area contributed by atoms with Crippen LogP contribution in [-0.2, 0) is 0 Å². The molecule has 0 saturated carbocycles. The van der Waals surface area contributed by atoms with Crippen LogP contribution in [0.15, 0.2) is 28.3 Å². The van der Waals surface area contributed by atoms with Gasteiger partial charge in [-0.05, 0) is 49.4 Å². The van der Waals surface area contributed by atoms with Crippen LogP contribution in [0.2, 0.25) is 15.2 Å². The number of pyridine rings is 2.